The van der Waals surface area contributed by atoms with Crippen LogP contribution in [0, 0.1) is 12.3 Å². The van der Waals surface area contributed by atoms with Gasteiger partial charge in [0.2, 0.25) is 0 Å². The number of alkyl halides is 3. The van der Waals surface area contributed by atoms with Crippen LogP contribution in [0.2, 0.25) is 0 Å². The van der Waals surface area contributed by atoms with Gasteiger partial charge in [0.25, 0.3) is 0 Å². The summed E-state index contributed by atoms with van der Waals surface area (Å²) in [4.78, 5) is 19.8. The number of hydrogen-bond donors (Lipinski definition) is 0. The van der Waals surface area contributed by atoms with Crippen molar-refractivity contribution in [1.29, 1.82) is 0 Å². The average molecular weight is 449 g/mol. The maximum absolute atomic E-state index is 13.5. The van der Waals surface area contributed by atoms with Crippen LogP contribution in [0.4, 0.5) is 13.2 Å². The first-order valence-corrected chi connectivity index (χ1v) is 11.1. The molecule has 2 heterocycles. The Kier molecular flexibility index (Phi) is 7.59. The van der Waals surface area contributed by atoms with Crippen LogP contribution in [0.1, 0.15) is 49.2 Å². The molecule has 1 unspecified atom stereocenters. The molecule has 0 radical (unpaired) electrons. The molecule has 1 aliphatic rings. The minimum atomic E-state index is -4.46. The highest BCUT2D eigenvalue weighted by atomic mass is 19.4. The van der Waals surface area contributed by atoms with Gasteiger partial charge in [0.15, 0.2) is 0 Å². The van der Waals surface area contributed by atoms with E-state index in [1.807, 2.05) is 25.1 Å². The number of carbonyl (C=O) groups excluding carboxylic acids is 1. The number of piperidine rings is 1. The van der Waals surface area contributed by atoms with Crippen LogP contribution in [0.15, 0.2) is 42.5 Å². The van der Waals surface area contributed by atoms with Gasteiger partial charge in [-0.05, 0) is 76.9 Å². The van der Waals surface area contributed by atoms with E-state index in [2.05, 4.69) is 16.8 Å². The summed E-state index contributed by atoms with van der Waals surface area (Å²) in [6, 6.07) is 11.7. The van der Waals surface area contributed by atoms with Gasteiger partial charge in [-0.1, -0.05) is 24.3 Å². The fourth-order valence-electron chi connectivity index (χ4n) is 4.59. The first-order chi connectivity index (χ1) is 15.1. The van der Waals surface area contributed by atoms with Crippen molar-refractivity contribution >= 4 is 5.97 Å². The van der Waals surface area contributed by atoms with Crippen molar-refractivity contribution in [2.75, 3.05) is 19.7 Å². The van der Waals surface area contributed by atoms with Gasteiger partial charge in [0.05, 0.1) is 17.6 Å². The molecule has 32 heavy (non-hydrogen) atoms. The lowest BCUT2D eigenvalue weighted by molar-refractivity contribution is -0.159. The van der Waals surface area contributed by atoms with Gasteiger partial charge in [-0.25, -0.2) is 0 Å². The second-order valence-corrected chi connectivity index (χ2v) is 8.69. The molecule has 0 aliphatic carbocycles. The fraction of sp³-hybridized carbons (Fsp3) is 0.520. The van der Waals surface area contributed by atoms with Crippen molar-refractivity contribution in [3.05, 3.63) is 65.0 Å². The minimum absolute atomic E-state index is 0.0309. The van der Waals surface area contributed by atoms with Crippen molar-refractivity contribution in [3.8, 4) is 0 Å². The van der Waals surface area contributed by atoms with Crippen molar-refractivity contribution in [2.24, 2.45) is 5.41 Å². The average Bonchev–Trinajstić information content (AvgIpc) is 2.74. The summed E-state index contributed by atoms with van der Waals surface area (Å²) in [5.74, 6) is -0.398. The number of halogens is 3. The third-order valence-corrected chi connectivity index (χ3v) is 6.39. The van der Waals surface area contributed by atoms with Crippen LogP contribution in [-0.2, 0) is 28.5 Å². The normalized spacial score (nSPS) is 17.7. The molecule has 0 bridgehead atoms. The Hall–Kier alpha value is -2.41. The molecule has 1 saturated heterocycles. The van der Waals surface area contributed by atoms with Crippen LogP contribution in [0.3, 0.4) is 0 Å². The summed E-state index contributed by atoms with van der Waals surface area (Å²) < 4.78 is 46.0. The monoisotopic (exact) mass is 448 g/mol. The molecule has 0 saturated carbocycles. The van der Waals surface area contributed by atoms with Crippen molar-refractivity contribution < 1.29 is 22.7 Å². The maximum Gasteiger partial charge on any atom is 0.416 e. The molecule has 1 aromatic heterocycles. The molecular weight excluding hydrogens is 417 g/mol. The molecule has 0 N–H and O–H groups in total. The zero-order valence-corrected chi connectivity index (χ0v) is 18.9. The zero-order chi connectivity index (χ0) is 23.4. The Morgan fingerprint density at radius 2 is 1.84 bits per heavy atom. The second-order valence-electron chi connectivity index (χ2n) is 8.69. The van der Waals surface area contributed by atoms with Crippen LogP contribution < -0.4 is 0 Å². The number of rotatable bonds is 7. The Balaban J connectivity index is 1.76. The van der Waals surface area contributed by atoms with E-state index >= 15 is 0 Å². The molecule has 174 valence electrons. The number of esters is 1. The highest BCUT2D eigenvalue weighted by Crippen LogP contribution is 2.41. The van der Waals surface area contributed by atoms with Gasteiger partial charge in [0, 0.05) is 23.9 Å². The summed E-state index contributed by atoms with van der Waals surface area (Å²) in [6.45, 7) is 7.27. The molecule has 0 spiro atoms. The van der Waals surface area contributed by atoms with E-state index in [-0.39, 0.29) is 24.6 Å². The number of ether oxygens (including phenoxy) is 1. The summed E-state index contributed by atoms with van der Waals surface area (Å²) >= 11 is 0. The van der Waals surface area contributed by atoms with E-state index in [0.29, 0.717) is 25.9 Å². The molecule has 2 aromatic rings. The quantitative estimate of drug-likeness (QED) is 0.544. The number of pyridine rings is 1. The Bertz CT molecular complexity index is 921. The van der Waals surface area contributed by atoms with Gasteiger partial charge < -0.3 is 9.64 Å². The number of aryl methyl sites for hydroxylation is 1. The van der Waals surface area contributed by atoms with E-state index < -0.39 is 23.1 Å². The van der Waals surface area contributed by atoms with Crippen LogP contribution in [0.5, 0.6) is 0 Å². The number of likely N-dealkylation sites (tertiary alicyclic amines) is 1. The van der Waals surface area contributed by atoms with Crippen molar-refractivity contribution in [1.82, 2.24) is 9.88 Å². The smallest absolute Gasteiger partial charge is 0.416 e. The lowest BCUT2D eigenvalue weighted by Gasteiger charge is -2.42. The first kappa shape index (κ1) is 24.2. The van der Waals surface area contributed by atoms with Gasteiger partial charge in [-0.15, -0.1) is 0 Å². The molecule has 1 atom stereocenters. The maximum atomic E-state index is 13.5. The van der Waals surface area contributed by atoms with Crippen molar-refractivity contribution in [3.63, 3.8) is 0 Å². The molecule has 7 heteroatoms. The molecule has 4 nitrogen and oxygen atoms in total. The second kappa shape index (κ2) is 10.0. The highest BCUT2D eigenvalue weighted by Gasteiger charge is 2.45. The first-order valence-electron chi connectivity index (χ1n) is 11.1. The fourth-order valence-corrected chi connectivity index (χ4v) is 4.59. The SMILES string of the molecule is CCOC(=O)C1(Cc2ccccc2C(F)(F)F)CCN(C(C)Cc2cccc(C)n2)CC1. The summed E-state index contributed by atoms with van der Waals surface area (Å²) in [5.41, 5.74) is 0.509. The highest BCUT2D eigenvalue weighted by molar-refractivity contribution is 5.77. The van der Waals surface area contributed by atoms with E-state index in [1.165, 1.54) is 12.1 Å². The van der Waals surface area contributed by atoms with E-state index in [9.17, 15) is 18.0 Å². The lowest BCUT2D eigenvalue weighted by atomic mass is 9.72. The number of hydrogen-bond acceptors (Lipinski definition) is 4. The standard InChI is InChI=1S/C25H31F3N2O2/c1-4-32-23(31)24(17-20-9-5-6-11-22(20)25(26,27)28)12-14-30(15-13-24)19(3)16-21-10-7-8-18(2)29-21/h5-11,19H,4,12-17H2,1-3H3. The Morgan fingerprint density at radius 3 is 2.47 bits per heavy atom. The van der Waals surface area contributed by atoms with Gasteiger partial charge in [-0.2, -0.15) is 13.2 Å². The van der Waals surface area contributed by atoms with Crippen molar-refractivity contribution in [2.45, 2.75) is 58.7 Å². The molecule has 0 amide bonds. The van der Waals surface area contributed by atoms with Crippen LogP contribution in [0.25, 0.3) is 0 Å². The van der Waals surface area contributed by atoms with Gasteiger partial charge in [-0.3, -0.25) is 9.78 Å². The zero-order valence-electron chi connectivity index (χ0n) is 18.9. The Labute approximate surface area is 187 Å². The molecule has 3 rings (SSSR count). The number of aromatic nitrogens is 1. The van der Waals surface area contributed by atoms with E-state index in [1.54, 1.807) is 13.0 Å². The van der Waals surface area contributed by atoms with Gasteiger partial charge in [0.1, 0.15) is 0 Å². The molecular formula is C25H31F3N2O2. The predicted molar refractivity (Wildman–Crippen MR) is 117 cm³/mol. The third-order valence-electron chi connectivity index (χ3n) is 6.39. The summed E-state index contributed by atoms with van der Waals surface area (Å²) in [5, 5.41) is 0. The van der Waals surface area contributed by atoms with Gasteiger partial charge >= 0.3 is 12.1 Å². The Morgan fingerprint density at radius 1 is 1.16 bits per heavy atom. The lowest BCUT2D eigenvalue weighted by Crippen LogP contribution is -2.49. The molecule has 1 fully saturated rings. The summed E-state index contributed by atoms with van der Waals surface area (Å²) in [6.07, 6.45) is -2.72. The topological polar surface area (TPSA) is 42.4 Å². The summed E-state index contributed by atoms with van der Waals surface area (Å²) in [7, 11) is 0. The third kappa shape index (κ3) is 5.68. The number of nitrogens with zero attached hydrogens (tertiary/aromatic N) is 2. The van der Waals surface area contributed by atoms with E-state index in [0.717, 1.165) is 23.9 Å². The minimum Gasteiger partial charge on any atom is -0.466 e. The largest absolute Gasteiger partial charge is 0.466 e. The van der Waals surface area contributed by atoms with Crippen LogP contribution >= 0.6 is 0 Å². The number of carbonyl (C=O) groups is 1. The molecule has 1 aliphatic heterocycles. The van der Waals surface area contributed by atoms with E-state index in [4.69, 9.17) is 4.74 Å². The molecule has 1 aromatic carbocycles. The van der Waals surface area contributed by atoms with Crippen LogP contribution in [-0.4, -0.2) is 41.6 Å². The number of benzene rings is 1. The predicted octanol–water partition coefficient (Wildman–Crippen LogP) is 5.23.